The number of carbonyl (C=O) groups excluding carboxylic acids is 3. The number of unbranched alkanes of at least 4 members (excludes halogenated alkanes) is 4. The number of hydrogen-bond donors (Lipinski definition) is 4. The Hall–Kier alpha value is -5.37. The van der Waals surface area contributed by atoms with Crippen molar-refractivity contribution in [3.63, 3.8) is 0 Å². The number of carbonyl (C=O) groups is 3. The van der Waals surface area contributed by atoms with E-state index in [4.69, 9.17) is 19.9 Å². The quantitative estimate of drug-likeness (QED) is 0.0813. The highest BCUT2D eigenvalue weighted by atomic mass is 16.6. The molecule has 6 rings (SSSR count). The fourth-order valence-electron chi connectivity index (χ4n) is 6.71. The summed E-state index contributed by atoms with van der Waals surface area (Å²) in [6.45, 7) is 4.72. The molecule has 1 fully saturated rings. The zero-order valence-electron chi connectivity index (χ0n) is 29.6. The van der Waals surface area contributed by atoms with E-state index in [0.29, 0.717) is 67.3 Å². The van der Waals surface area contributed by atoms with Gasteiger partial charge < -0.3 is 35.5 Å². The van der Waals surface area contributed by atoms with Crippen LogP contribution in [-0.4, -0.2) is 67.7 Å². The number of ether oxygens (including phenoxy) is 1. The van der Waals surface area contributed by atoms with E-state index in [1.165, 1.54) is 0 Å². The van der Waals surface area contributed by atoms with Gasteiger partial charge in [0.1, 0.15) is 11.4 Å². The number of aliphatic hydroxyl groups excluding tert-OH is 1. The van der Waals surface area contributed by atoms with Gasteiger partial charge in [0.25, 0.3) is 5.89 Å². The lowest BCUT2D eigenvalue weighted by molar-refractivity contribution is -0.132. The van der Waals surface area contributed by atoms with Crippen LogP contribution >= 0.6 is 0 Å². The summed E-state index contributed by atoms with van der Waals surface area (Å²) in [6, 6.07) is 14.4. The molecule has 14 heteroatoms. The summed E-state index contributed by atoms with van der Waals surface area (Å²) < 4.78 is 11.7. The summed E-state index contributed by atoms with van der Waals surface area (Å²) in [7, 11) is 0. The maximum absolute atomic E-state index is 12.8. The Morgan fingerprint density at radius 2 is 1.73 bits per heavy atom. The molecule has 2 aromatic heterocycles. The number of aromatic nitrogens is 4. The van der Waals surface area contributed by atoms with Crippen molar-refractivity contribution in [1.82, 2.24) is 25.1 Å². The normalized spacial score (nSPS) is 15.9. The molecule has 0 spiro atoms. The first-order valence-corrected chi connectivity index (χ1v) is 18.0. The van der Waals surface area contributed by atoms with Gasteiger partial charge in [0.15, 0.2) is 0 Å². The Kier molecular flexibility index (Phi) is 11.4. The van der Waals surface area contributed by atoms with Gasteiger partial charge in [-0.05, 0) is 63.3 Å². The molecule has 1 unspecified atom stereocenters. The lowest BCUT2D eigenvalue weighted by Crippen LogP contribution is -2.37. The van der Waals surface area contributed by atoms with E-state index < -0.39 is 11.6 Å². The van der Waals surface area contributed by atoms with E-state index in [1.807, 2.05) is 55.1 Å². The number of nitrogens with one attached hydrogen (secondary N) is 2. The topological polar surface area (TPSA) is 199 Å². The molecule has 4 aromatic rings. The average Bonchev–Trinajstić information content (AvgIpc) is 3.72. The number of likely N-dealkylation sites (tertiary alicyclic amines) is 1. The number of hydrogen-bond acceptors (Lipinski definition) is 12. The average molecular weight is 711 g/mol. The number of nitrogens with zero attached hydrogens (tertiary/aromatic N) is 5. The number of benzene rings is 2. The standard InChI is InChI=1S/C38H46N8O6/c1-38(2)29-21-26(15-16-27(29)36(50)52-38)41-37-40-22-28(33(43-37)42-30(23-47)24-11-7-6-8-12-24)35-45-44-34(51-35)25-17-19-46(20-18-25)32(49)14-10-5-3-4-9-13-31(39)48/h6-8,11-12,15-16,21-22,25,30,47H,3-5,9-10,13-14,17-20,23H2,1-2H3,(H2,39,48)(H2,40,41,42,43). The van der Waals surface area contributed by atoms with Crippen LogP contribution in [0.15, 0.2) is 59.1 Å². The molecule has 4 heterocycles. The Morgan fingerprint density at radius 3 is 2.46 bits per heavy atom. The lowest BCUT2D eigenvalue weighted by Gasteiger charge is -2.30. The van der Waals surface area contributed by atoms with Crippen LogP contribution in [0.2, 0.25) is 0 Å². The Balaban J connectivity index is 1.13. The summed E-state index contributed by atoms with van der Waals surface area (Å²) in [5.41, 5.74) is 7.72. The minimum Gasteiger partial charge on any atom is -0.451 e. The summed E-state index contributed by atoms with van der Waals surface area (Å²) in [5.74, 6) is 0.919. The van der Waals surface area contributed by atoms with Crippen molar-refractivity contribution in [1.29, 1.82) is 0 Å². The van der Waals surface area contributed by atoms with E-state index in [9.17, 15) is 19.5 Å². The van der Waals surface area contributed by atoms with Crippen molar-refractivity contribution < 1.29 is 28.6 Å². The van der Waals surface area contributed by atoms with Crippen molar-refractivity contribution in [2.75, 3.05) is 30.3 Å². The van der Waals surface area contributed by atoms with Crippen molar-refractivity contribution in [2.45, 2.75) is 89.2 Å². The Morgan fingerprint density at radius 1 is 1.00 bits per heavy atom. The minimum atomic E-state index is -0.761. The SMILES string of the molecule is CC1(C)OC(=O)c2ccc(Nc3ncc(-c4nnc(C5CCN(C(=O)CCCCCCCC(N)=O)CC5)o4)c(NC(CO)c4ccccc4)n3)cc21. The molecule has 52 heavy (non-hydrogen) atoms. The van der Waals surface area contributed by atoms with Crippen LogP contribution in [-0.2, 0) is 19.9 Å². The van der Waals surface area contributed by atoms with Gasteiger partial charge in [-0.2, -0.15) is 4.98 Å². The third-order valence-electron chi connectivity index (χ3n) is 9.66. The zero-order chi connectivity index (χ0) is 36.7. The predicted octanol–water partition coefficient (Wildman–Crippen LogP) is 5.74. The number of esters is 1. The third-order valence-corrected chi connectivity index (χ3v) is 9.66. The first kappa shape index (κ1) is 36.4. The second-order valence-corrected chi connectivity index (χ2v) is 13.9. The largest absolute Gasteiger partial charge is 0.451 e. The first-order valence-electron chi connectivity index (χ1n) is 18.0. The minimum absolute atomic E-state index is 0.00301. The molecule has 1 atom stereocenters. The number of piperidine rings is 1. The van der Waals surface area contributed by atoms with Crippen LogP contribution in [0.1, 0.15) is 111 Å². The lowest BCUT2D eigenvalue weighted by atomic mass is 9.95. The summed E-state index contributed by atoms with van der Waals surface area (Å²) in [4.78, 5) is 47.3. The van der Waals surface area contributed by atoms with Gasteiger partial charge in [-0.3, -0.25) is 9.59 Å². The second kappa shape index (κ2) is 16.3. The number of nitrogens with two attached hydrogens (primary N) is 1. The van der Waals surface area contributed by atoms with E-state index >= 15 is 0 Å². The molecule has 274 valence electrons. The molecule has 0 aliphatic carbocycles. The van der Waals surface area contributed by atoms with Gasteiger partial charge in [0, 0.05) is 49.3 Å². The van der Waals surface area contributed by atoms with Gasteiger partial charge in [-0.15, -0.1) is 10.2 Å². The Labute approximate surface area is 302 Å². The first-order chi connectivity index (χ1) is 25.1. The van der Waals surface area contributed by atoms with E-state index in [0.717, 1.165) is 43.2 Å². The molecular formula is C38H46N8O6. The number of rotatable bonds is 16. The van der Waals surface area contributed by atoms with E-state index in [1.54, 1.807) is 18.3 Å². The van der Waals surface area contributed by atoms with Crippen molar-refractivity contribution in [2.24, 2.45) is 5.73 Å². The molecular weight excluding hydrogens is 664 g/mol. The van der Waals surface area contributed by atoms with Crippen LogP contribution in [0.4, 0.5) is 17.5 Å². The fourth-order valence-corrected chi connectivity index (χ4v) is 6.71. The number of cyclic esters (lactones) is 1. The van der Waals surface area contributed by atoms with E-state index in [2.05, 4.69) is 25.8 Å². The molecule has 1 saturated heterocycles. The van der Waals surface area contributed by atoms with Crippen molar-refractivity contribution in [3.8, 4) is 11.5 Å². The van der Waals surface area contributed by atoms with Gasteiger partial charge in [0.05, 0.1) is 23.8 Å². The molecule has 2 amide bonds. The molecule has 14 nitrogen and oxygen atoms in total. The molecule has 0 saturated carbocycles. The number of aliphatic hydroxyl groups is 1. The molecule has 2 aromatic carbocycles. The Bertz CT molecular complexity index is 1870. The number of fused-ring (bicyclic) bond motifs is 1. The van der Waals surface area contributed by atoms with Crippen molar-refractivity contribution in [3.05, 3.63) is 77.3 Å². The van der Waals surface area contributed by atoms with Crippen LogP contribution in [0.3, 0.4) is 0 Å². The number of anilines is 3. The number of amides is 2. The zero-order valence-corrected chi connectivity index (χ0v) is 29.6. The summed E-state index contributed by atoms with van der Waals surface area (Å²) in [6.07, 6.45) is 8.47. The number of primary amides is 1. The van der Waals surface area contributed by atoms with Crippen LogP contribution < -0.4 is 16.4 Å². The van der Waals surface area contributed by atoms with Gasteiger partial charge in [-0.25, -0.2) is 9.78 Å². The van der Waals surface area contributed by atoms with Gasteiger partial charge >= 0.3 is 5.97 Å². The smallest absolute Gasteiger partial charge is 0.339 e. The highest BCUT2D eigenvalue weighted by molar-refractivity contribution is 5.95. The van der Waals surface area contributed by atoms with E-state index in [-0.39, 0.29) is 42.1 Å². The van der Waals surface area contributed by atoms with Crippen molar-refractivity contribution >= 4 is 35.2 Å². The van der Waals surface area contributed by atoms with Crippen LogP contribution in [0, 0.1) is 0 Å². The summed E-state index contributed by atoms with van der Waals surface area (Å²) in [5, 5.41) is 25.7. The second-order valence-electron chi connectivity index (χ2n) is 13.9. The highest BCUT2D eigenvalue weighted by Gasteiger charge is 2.38. The third kappa shape index (κ3) is 8.73. The van der Waals surface area contributed by atoms with Gasteiger partial charge in [0.2, 0.25) is 23.7 Å². The molecule has 0 radical (unpaired) electrons. The molecule has 2 aliphatic rings. The maximum atomic E-state index is 12.8. The molecule has 2 aliphatic heterocycles. The predicted molar refractivity (Wildman–Crippen MR) is 193 cm³/mol. The maximum Gasteiger partial charge on any atom is 0.339 e. The molecule has 0 bridgehead atoms. The highest BCUT2D eigenvalue weighted by Crippen LogP contribution is 2.38. The van der Waals surface area contributed by atoms with Crippen LogP contribution in [0.25, 0.3) is 11.5 Å². The van der Waals surface area contributed by atoms with Crippen LogP contribution in [0.5, 0.6) is 0 Å². The van der Waals surface area contributed by atoms with Gasteiger partial charge in [-0.1, -0.05) is 49.6 Å². The fraction of sp³-hybridized carbons (Fsp3) is 0.447. The monoisotopic (exact) mass is 710 g/mol. The summed E-state index contributed by atoms with van der Waals surface area (Å²) >= 11 is 0. The molecule has 5 N–H and O–H groups in total.